The van der Waals surface area contributed by atoms with E-state index in [1.807, 2.05) is 44.2 Å². The molecule has 0 fully saturated rings. The van der Waals surface area contributed by atoms with E-state index in [-0.39, 0.29) is 44.0 Å². The standard InChI is InChI=1S/C33H40F2N8O5/c1-19(2)15-26-32(47)38-20(3)30-40-29(22-9-6-5-7-10-22)41-43(30)18-27(44)36-13-8-14-42(17-28(45)37-21(4)31(46)39-26)33(48)23-11-12-24(34)25(35)16-23/h5-7,9-12,16,19-21,26H,8,13-15,17-18H2,1-4H3,(H,36,44)(H,37,45)(H,38,47)(H,39,46)/t20-,21+,26+/m0/s1. The summed E-state index contributed by atoms with van der Waals surface area (Å²) >= 11 is 0. The van der Waals surface area contributed by atoms with Crippen LogP contribution in [0, 0.1) is 17.6 Å². The van der Waals surface area contributed by atoms with E-state index in [2.05, 4.69) is 31.3 Å². The minimum atomic E-state index is -1.22. The van der Waals surface area contributed by atoms with Gasteiger partial charge in [-0.1, -0.05) is 44.2 Å². The number of carbonyl (C=O) groups is 5. The Bertz CT molecular complexity index is 1650. The Labute approximate surface area is 276 Å². The summed E-state index contributed by atoms with van der Waals surface area (Å²) in [5.41, 5.74) is 0.525. The number of hydrogen-bond acceptors (Lipinski definition) is 7. The van der Waals surface area contributed by atoms with Gasteiger partial charge in [-0.3, -0.25) is 24.0 Å². The molecule has 3 atom stereocenters. The van der Waals surface area contributed by atoms with Crippen LogP contribution in [0.1, 0.15) is 62.8 Å². The van der Waals surface area contributed by atoms with Crippen molar-refractivity contribution in [1.29, 1.82) is 0 Å². The summed E-state index contributed by atoms with van der Waals surface area (Å²) < 4.78 is 28.9. The maximum absolute atomic E-state index is 13.9. The summed E-state index contributed by atoms with van der Waals surface area (Å²) in [4.78, 5) is 71.8. The number of benzene rings is 2. The normalized spacial score (nSPS) is 20.4. The highest BCUT2D eigenvalue weighted by atomic mass is 19.2. The van der Waals surface area contributed by atoms with Gasteiger partial charge < -0.3 is 26.2 Å². The molecular weight excluding hydrogens is 626 g/mol. The fourth-order valence-corrected chi connectivity index (χ4v) is 5.16. The lowest BCUT2D eigenvalue weighted by molar-refractivity contribution is -0.132. The Morgan fingerprint density at radius 2 is 1.62 bits per heavy atom. The Hall–Kier alpha value is -5.21. The highest BCUT2D eigenvalue weighted by molar-refractivity contribution is 5.97. The van der Waals surface area contributed by atoms with Gasteiger partial charge in [0.1, 0.15) is 24.5 Å². The molecule has 0 unspecified atom stereocenters. The third kappa shape index (κ3) is 9.42. The van der Waals surface area contributed by atoms with Crippen molar-refractivity contribution in [2.24, 2.45) is 5.92 Å². The monoisotopic (exact) mass is 666 g/mol. The molecule has 0 saturated heterocycles. The molecule has 13 nitrogen and oxygen atoms in total. The summed E-state index contributed by atoms with van der Waals surface area (Å²) in [6, 6.07) is 9.01. The van der Waals surface area contributed by atoms with Crippen molar-refractivity contribution >= 4 is 29.5 Å². The Morgan fingerprint density at radius 3 is 2.31 bits per heavy atom. The quantitative estimate of drug-likeness (QED) is 0.331. The van der Waals surface area contributed by atoms with Crippen LogP contribution in [-0.4, -0.2) is 80.9 Å². The van der Waals surface area contributed by atoms with Gasteiger partial charge in [-0.05, 0) is 50.8 Å². The molecule has 4 N–H and O–H groups in total. The van der Waals surface area contributed by atoms with Crippen molar-refractivity contribution in [1.82, 2.24) is 40.9 Å². The smallest absolute Gasteiger partial charge is 0.254 e. The van der Waals surface area contributed by atoms with Gasteiger partial charge in [0.15, 0.2) is 17.5 Å². The topological polar surface area (TPSA) is 167 Å². The van der Waals surface area contributed by atoms with Crippen LogP contribution < -0.4 is 21.3 Å². The van der Waals surface area contributed by atoms with Gasteiger partial charge in [0, 0.05) is 24.2 Å². The number of nitrogens with one attached hydrogen (secondary N) is 4. The number of amides is 5. The Kier molecular flexibility index (Phi) is 11.9. The molecule has 3 aromatic rings. The summed E-state index contributed by atoms with van der Waals surface area (Å²) in [6.45, 7) is 6.23. The van der Waals surface area contributed by atoms with Gasteiger partial charge in [0.2, 0.25) is 23.6 Å². The van der Waals surface area contributed by atoms with Crippen LogP contribution in [-0.2, 0) is 25.7 Å². The first-order valence-electron chi connectivity index (χ1n) is 15.7. The highest BCUT2D eigenvalue weighted by Crippen LogP contribution is 2.20. The number of nitrogens with zero attached hydrogens (tertiary/aromatic N) is 4. The van der Waals surface area contributed by atoms with Crippen LogP contribution in [0.4, 0.5) is 8.78 Å². The van der Waals surface area contributed by atoms with Crippen molar-refractivity contribution in [3.8, 4) is 11.4 Å². The third-order valence-electron chi connectivity index (χ3n) is 7.60. The van der Waals surface area contributed by atoms with E-state index in [1.165, 1.54) is 11.6 Å². The van der Waals surface area contributed by atoms with Crippen LogP contribution >= 0.6 is 0 Å². The van der Waals surface area contributed by atoms with Gasteiger partial charge in [-0.2, -0.15) is 5.10 Å². The average molecular weight is 667 g/mol. The summed E-state index contributed by atoms with van der Waals surface area (Å²) in [7, 11) is 0. The van der Waals surface area contributed by atoms with Crippen molar-refractivity contribution in [3.63, 3.8) is 0 Å². The zero-order valence-electron chi connectivity index (χ0n) is 27.3. The molecule has 4 rings (SSSR count). The average Bonchev–Trinajstić information content (AvgIpc) is 3.46. The molecule has 2 heterocycles. The van der Waals surface area contributed by atoms with Gasteiger partial charge in [0.05, 0.1) is 12.6 Å². The number of rotatable bonds is 4. The second-order valence-electron chi connectivity index (χ2n) is 12.1. The lowest BCUT2D eigenvalue weighted by atomic mass is 10.0. The van der Waals surface area contributed by atoms with Crippen molar-refractivity contribution in [2.45, 2.75) is 65.2 Å². The van der Waals surface area contributed by atoms with Crippen LogP contribution in [0.2, 0.25) is 0 Å². The van der Waals surface area contributed by atoms with E-state index in [9.17, 15) is 32.8 Å². The van der Waals surface area contributed by atoms with Crippen LogP contribution in [0.25, 0.3) is 11.4 Å². The number of fused-ring (bicyclic) bond motifs is 1. The summed E-state index contributed by atoms with van der Waals surface area (Å²) in [5, 5.41) is 15.4. The first kappa shape index (κ1) is 35.6. The first-order valence-corrected chi connectivity index (χ1v) is 15.7. The molecule has 1 aromatic heterocycles. The van der Waals surface area contributed by atoms with E-state index in [1.54, 1.807) is 6.92 Å². The minimum absolute atomic E-state index is 0.00997. The second kappa shape index (κ2) is 16.1. The fourth-order valence-electron chi connectivity index (χ4n) is 5.16. The molecule has 256 valence electrons. The van der Waals surface area contributed by atoms with Crippen molar-refractivity contribution in [2.75, 3.05) is 19.6 Å². The summed E-state index contributed by atoms with van der Waals surface area (Å²) in [6.07, 6.45) is 0.485. The van der Waals surface area contributed by atoms with Gasteiger partial charge >= 0.3 is 0 Å². The molecule has 5 amide bonds. The van der Waals surface area contributed by atoms with Crippen molar-refractivity contribution < 1.29 is 32.8 Å². The molecule has 0 bridgehead atoms. The molecule has 2 aromatic carbocycles. The minimum Gasteiger partial charge on any atom is -0.354 e. The molecule has 0 radical (unpaired) electrons. The molecule has 1 aliphatic rings. The molecule has 0 saturated carbocycles. The number of hydrogen-bond donors (Lipinski definition) is 4. The van der Waals surface area contributed by atoms with Gasteiger partial charge in [-0.15, -0.1) is 0 Å². The molecule has 1 aliphatic heterocycles. The molecule has 0 aliphatic carbocycles. The second-order valence-corrected chi connectivity index (χ2v) is 12.1. The fraction of sp³-hybridized carbons (Fsp3) is 0.424. The zero-order valence-corrected chi connectivity index (χ0v) is 27.3. The van der Waals surface area contributed by atoms with E-state index in [0.717, 1.165) is 23.1 Å². The maximum atomic E-state index is 13.9. The molecule has 0 spiro atoms. The Balaban J connectivity index is 1.64. The molecule has 48 heavy (non-hydrogen) atoms. The predicted molar refractivity (Wildman–Crippen MR) is 171 cm³/mol. The third-order valence-corrected chi connectivity index (χ3v) is 7.60. The Morgan fingerprint density at radius 1 is 0.896 bits per heavy atom. The van der Waals surface area contributed by atoms with Gasteiger partial charge in [0.25, 0.3) is 5.91 Å². The number of halogens is 2. The maximum Gasteiger partial charge on any atom is 0.254 e. The van der Waals surface area contributed by atoms with Crippen LogP contribution in [0.3, 0.4) is 0 Å². The largest absolute Gasteiger partial charge is 0.354 e. The lowest BCUT2D eigenvalue weighted by Gasteiger charge is -2.25. The van der Waals surface area contributed by atoms with E-state index in [4.69, 9.17) is 0 Å². The summed E-state index contributed by atoms with van der Waals surface area (Å²) in [5.74, 6) is -4.67. The van der Waals surface area contributed by atoms with Crippen LogP contribution in [0.15, 0.2) is 48.5 Å². The molecular formula is C33H40F2N8O5. The zero-order chi connectivity index (χ0) is 35.0. The SMILES string of the molecule is CC(C)C[C@H]1NC(=O)[C@@H](C)NC(=O)CN(C(=O)c2ccc(F)c(F)c2)CCCNC(=O)Cn2nc(-c3ccccc3)nc2[C@H](C)NC1=O. The van der Waals surface area contributed by atoms with E-state index in [0.29, 0.717) is 17.2 Å². The van der Waals surface area contributed by atoms with Gasteiger partial charge in [-0.25, -0.2) is 18.4 Å². The van der Waals surface area contributed by atoms with E-state index >= 15 is 0 Å². The number of carbonyl (C=O) groups excluding carboxylic acids is 5. The lowest BCUT2D eigenvalue weighted by Crippen LogP contribution is -2.54. The molecule has 15 heteroatoms. The first-order chi connectivity index (χ1) is 22.8. The predicted octanol–water partition coefficient (Wildman–Crippen LogP) is 2.10. The van der Waals surface area contributed by atoms with Crippen LogP contribution in [0.5, 0.6) is 0 Å². The number of aromatic nitrogens is 3. The van der Waals surface area contributed by atoms with Crippen molar-refractivity contribution in [3.05, 3.63) is 71.6 Å². The van der Waals surface area contributed by atoms with E-state index < -0.39 is 65.8 Å². The highest BCUT2D eigenvalue weighted by Gasteiger charge is 2.29.